The number of likely N-dealkylation sites (tertiary alicyclic amines) is 1. The number of sulfonamides is 1. The minimum Gasteiger partial charge on any atom is -0.337 e. The number of hydrogen-bond acceptors (Lipinski definition) is 4. The third-order valence-electron chi connectivity index (χ3n) is 4.55. The largest absolute Gasteiger partial charge is 0.337 e. The van der Waals surface area contributed by atoms with E-state index in [1.807, 2.05) is 19.1 Å². The van der Waals surface area contributed by atoms with Crippen molar-refractivity contribution >= 4 is 21.6 Å². The Morgan fingerprint density at radius 1 is 1.15 bits per heavy atom. The van der Waals surface area contributed by atoms with E-state index in [0.29, 0.717) is 24.3 Å². The minimum atomic E-state index is -3.71. The monoisotopic (exact) mass is 373 g/mol. The predicted molar refractivity (Wildman–Crippen MR) is 102 cm³/mol. The Kier molecular flexibility index (Phi) is 5.29. The van der Waals surface area contributed by atoms with Crippen LogP contribution in [0.25, 0.3) is 0 Å². The lowest BCUT2D eigenvalue weighted by Crippen LogP contribution is -2.45. The van der Waals surface area contributed by atoms with Gasteiger partial charge in [0.1, 0.15) is 0 Å². The number of para-hydroxylation sites is 1. The number of amides is 1. The molecule has 2 aromatic carbocycles. The molecule has 1 unspecified atom stereocenters. The smallest absolute Gasteiger partial charge is 0.261 e. The average Bonchev–Trinajstić information content (AvgIpc) is 2.63. The van der Waals surface area contributed by atoms with Crippen LogP contribution in [-0.2, 0) is 10.0 Å². The topological polar surface area (TPSA) is 92.5 Å². The molecule has 26 heavy (non-hydrogen) atoms. The van der Waals surface area contributed by atoms with Crippen LogP contribution < -0.4 is 10.5 Å². The van der Waals surface area contributed by atoms with Gasteiger partial charge in [-0.2, -0.15) is 0 Å². The van der Waals surface area contributed by atoms with Crippen molar-refractivity contribution in [2.75, 3.05) is 17.8 Å². The fourth-order valence-electron chi connectivity index (χ4n) is 3.04. The fourth-order valence-corrected chi connectivity index (χ4v) is 4.18. The van der Waals surface area contributed by atoms with Crippen LogP contribution in [0.1, 0.15) is 28.8 Å². The molecule has 6 nitrogen and oxygen atoms in total. The number of hydrogen-bond donors (Lipinski definition) is 2. The van der Waals surface area contributed by atoms with E-state index in [4.69, 9.17) is 5.73 Å². The molecule has 0 spiro atoms. The van der Waals surface area contributed by atoms with Gasteiger partial charge < -0.3 is 10.6 Å². The van der Waals surface area contributed by atoms with Crippen molar-refractivity contribution in [2.24, 2.45) is 5.73 Å². The first-order chi connectivity index (χ1) is 12.4. The molecule has 1 fully saturated rings. The van der Waals surface area contributed by atoms with Gasteiger partial charge in [0.05, 0.1) is 10.6 Å². The molecule has 7 heteroatoms. The number of carbonyl (C=O) groups is 1. The summed E-state index contributed by atoms with van der Waals surface area (Å²) in [5.74, 6) is -0.115. The van der Waals surface area contributed by atoms with E-state index in [2.05, 4.69) is 4.72 Å². The van der Waals surface area contributed by atoms with Gasteiger partial charge in [-0.15, -0.1) is 0 Å². The fraction of sp³-hybridized carbons (Fsp3) is 0.316. The Morgan fingerprint density at radius 2 is 1.85 bits per heavy atom. The summed E-state index contributed by atoms with van der Waals surface area (Å²) in [5.41, 5.74) is 7.77. The highest BCUT2D eigenvalue weighted by Crippen LogP contribution is 2.20. The Labute approximate surface area is 154 Å². The number of nitrogens with two attached hydrogens (primary N) is 1. The van der Waals surface area contributed by atoms with Gasteiger partial charge in [-0.05, 0) is 55.7 Å². The number of aryl methyl sites for hydroxylation is 1. The number of rotatable bonds is 4. The number of anilines is 1. The molecular weight excluding hydrogens is 350 g/mol. The summed E-state index contributed by atoms with van der Waals surface area (Å²) in [7, 11) is -3.71. The van der Waals surface area contributed by atoms with Crippen molar-refractivity contribution in [2.45, 2.75) is 30.7 Å². The summed E-state index contributed by atoms with van der Waals surface area (Å²) in [6, 6.07) is 13.2. The Hall–Kier alpha value is -2.38. The van der Waals surface area contributed by atoms with Crippen molar-refractivity contribution in [3.63, 3.8) is 0 Å². The normalized spacial score (nSPS) is 17.8. The van der Waals surface area contributed by atoms with Crippen LogP contribution in [-0.4, -0.2) is 38.4 Å². The number of carbonyl (C=O) groups excluding carboxylic acids is 1. The highest BCUT2D eigenvalue weighted by atomic mass is 32.2. The number of nitrogens with zero attached hydrogens (tertiary/aromatic N) is 1. The molecule has 0 bridgehead atoms. The zero-order valence-corrected chi connectivity index (χ0v) is 15.5. The van der Waals surface area contributed by atoms with Crippen LogP contribution in [0, 0.1) is 6.92 Å². The highest BCUT2D eigenvalue weighted by molar-refractivity contribution is 7.92. The molecule has 138 valence electrons. The van der Waals surface area contributed by atoms with Crippen molar-refractivity contribution in [1.29, 1.82) is 0 Å². The van der Waals surface area contributed by atoms with E-state index in [-0.39, 0.29) is 16.8 Å². The quantitative estimate of drug-likeness (QED) is 0.860. The molecule has 1 saturated heterocycles. The molecule has 1 atom stereocenters. The minimum absolute atomic E-state index is 0.00524. The summed E-state index contributed by atoms with van der Waals surface area (Å²) < 4.78 is 27.7. The van der Waals surface area contributed by atoms with Crippen LogP contribution in [0.2, 0.25) is 0 Å². The first-order valence-electron chi connectivity index (χ1n) is 8.60. The van der Waals surface area contributed by atoms with Crippen LogP contribution in [0.5, 0.6) is 0 Å². The molecule has 1 aliphatic rings. The summed E-state index contributed by atoms with van der Waals surface area (Å²) in [6.07, 6.45) is 1.81. The lowest BCUT2D eigenvalue weighted by atomic mass is 10.1. The van der Waals surface area contributed by atoms with Gasteiger partial charge >= 0.3 is 0 Å². The number of benzene rings is 2. The molecule has 0 aliphatic carbocycles. The van der Waals surface area contributed by atoms with Gasteiger partial charge in [0.2, 0.25) is 0 Å². The highest BCUT2D eigenvalue weighted by Gasteiger charge is 2.23. The van der Waals surface area contributed by atoms with E-state index >= 15 is 0 Å². The van der Waals surface area contributed by atoms with Gasteiger partial charge in [-0.1, -0.05) is 18.2 Å². The molecule has 1 heterocycles. The second-order valence-electron chi connectivity index (χ2n) is 6.60. The summed E-state index contributed by atoms with van der Waals surface area (Å²) in [4.78, 5) is 14.4. The third kappa shape index (κ3) is 4.05. The second-order valence-corrected chi connectivity index (χ2v) is 8.28. The SMILES string of the molecule is Cc1ccccc1NS(=O)(=O)c1ccc(C(=O)N2CCCC(N)C2)cc1. The lowest BCUT2D eigenvalue weighted by Gasteiger charge is -2.30. The van der Waals surface area contributed by atoms with Crippen LogP contribution in [0.4, 0.5) is 5.69 Å². The molecule has 0 radical (unpaired) electrons. The maximum absolute atomic E-state index is 12.6. The van der Waals surface area contributed by atoms with E-state index < -0.39 is 10.0 Å². The Bertz CT molecular complexity index is 895. The third-order valence-corrected chi connectivity index (χ3v) is 5.93. The first kappa shape index (κ1) is 18.4. The molecule has 1 aliphatic heterocycles. The van der Waals surface area contributed by atoms with Gasteiger partial charge in [-0.25, -0.2) is 8.42 Å². The van der Waals surface area contributed by atoms with Crippen LogP contribution >= 0.6 is 0 Å². The Morgan fingerprint density at radius 3 is 2.50 bits per heavy atom. The van der Waals surface area contributed by atoms with E-state index in [9.17, 15) is 13.2 Å². The molecular formula is C19H23N3O3S. The van der Waals surface area contributed by atoms with Gasteiger partial charge in [0.25, 0.3) is 15.9 Å². The molecule has 0 saturated carbocycles. The predicted octanol–water partition coefficient (Wildman–Crippen LogP) is 2.36. The first-order valence-corrected chi connectivity index (χ1v) is 10.1. The molecule has 3 N–H and O–H groups in total. The average molecular weight is 373 g/mol. The molecule has 3 rings (SSSR count). The summed E-state index contributed by atoms with van der Waals surface area (Å²) in [6.45, 7) is 3.05. The lowest BCUT2D eigenvalue weighted by molar-refractivity contribution is 0.0708. The van der Waals surface area contributed by atoms with Crippen molar-refractivity contribution in [1.82, 2.24) is 4.90 Å². The Balaban J connectivity index is 1.76. The van der Waals surface area contributed by atoms with Crippen molar-refractivity contribution < 1.29 is 13.2 Å². The zero-order valence-electron chi connectivity index (χ0n) is 14.7. The molecule has 0 aromatic heterocycles. The summed E-state index contributed by atoms with van der Waals surface area (Å²) in [5, 5.41) is 0. The van der Waals surface area contributed by atoms with Gasteiger partial charge in [-0.3, -0.25) is 9.52 Å². The zero-order chi connectivity index (χ0) is 18.7. The summed E-state index contributed by atoms with van der Waals surface area (Å²) >= 11 is 0. The number of piperidine rings is 1. The van der Waals surface area contributed by atoms with Gasteiger partial charge in [0, 0.05) is 24.7 Å². The van der Waals surface area contributed by atoms with E-state index in [1.54, 1.807) is 29.2 Å². The number of nitrogens with one attached hydrogen (secondary N) is 1. The maximum Gasteiger partial charge on any atom is 0.261 e. The van der Waals surface area contributed by atoms with Crippen molar-refractivity contribution in [3.8, 4) is 0 Å². The molecule has 2 aromatic rings. The van der Waals surface area contributed by atoms with Crippen LogP contribution in [0.15, 0.2) is 53.4 Å². The maximum atomic E-state index is 12.6. The second kappa shape index (κ2) is 7.47. The van der Waals surface area contributed by atoms with Gasteiger partial charge in [0.15, 0.2) is 0 Å². The standard InChI is InChI=1S/C19H23N3O3S/c1-14-5-2-3-7-18(14)21-26(24,25)17-10-8-15(9-11-17)19(23)22-12-4-6-16(20)13-22/h2-3,5,7-11,16,21H,4,6,12-13,20H2,1H3. The van der Waals surface area contributed by atoms with Crippen molar-refractivity contribution in [3.05, 3.63) is 59.7 Å². The van der Waals surface area contributed by atoms with E-state index in [1.165, 1.54) is 12.1 Å². The molecule has 1 amide bonds. The van der Waals surface area contributed by atoms with E-state index in [0.717, 1.165) is 18.4 Å². The van der Waals surface area contributed by atoms with Crippen LogP contribution in [0.3, 0.4) is 0 Å².